The molecule has 0 radical (unpaired) electrons. The molecule has 0 saturated carbocycles. The Hall–Kier alpha value is -0.380. The first kappa shape index (κ1) is 7.72. The van der Waals surface area contributed by atoms with Crippen LogP contribution in [0.15, 0.2) is 12.7 Å². The van der Waals surface area contributed by atoms with Crippen molar-refractivity contribution in [2.24, 2.45) is 0 Å². The molecule has 0 atom stereocenters. The molecule has 1 aliphatic heterocycles. The molecule has 10 heavy (non-hydrogen) atoms. The molecule has 0 aliphatic carbocycles. The van der Waals surface area contributed by atoms with Crippen LogP contribution in [0.3, 0.4) is 0 Å². The van der Waals surface area contributed by atoms with Crippen LogP contribution in [0.1, 0.15) is 0 Å². The van der Waals surface area contributed by atoms with Gasteiger partial charge < -0.3 is 5.21 Å². The van der Waals surface area contributed by atoms with E-state index < -0.39 is 0 Å². The van der Waals surface area contributed by atoms with Crippen molar-refractivity contribution in [1.29, 1.82) is 0 Å². The zero-order valence-electron chi connectivity index (χ0n) is 6.16. The van der Waals surface area contributed by atoms with Gasteiger partial charge in [-0.15, -0.1) is 6.58 Å². The number of nitrogens with zero attached hydrogens (tertiary/aromatic N) is 2. The largest absolute Gasteiger partial charge is 0.314 e. The third-order valence-corrected chi connectivity index (χ3v) is 1.74. The Morgan fingerprint density at radius 2 is 1.90 bits per heavy atom. The summed E-state index contributed by atoms with van der Waals surface area (Å²) in [4.78, 5) is 2.26. The van der Waals surface area contributed by atoms with Gasteiger partial charge in [0.25, 0.3) is 0 Å². The van der Waals surface area contributed by atoms with Crippen molar-refractivity contribution in [2.45, 2.75) is 0 Å². The zero-order valence-corrected chi connectivity index (χ0v) is 6.16. The second kappa shape index (κ2) is 3.71. The second-order valence-corrected chi connectivity index (χ2v) is 2.54. The van der Waals surface area contributed by atoms with Crippen LogP contribution < -0.4 is 0 Å². The van der Waals surface area contributed by atoms with Crippen LogP contribution in [0.4, 0.5) is 0 Å². The first-order valence-electron chi connectivity index (χ1n) is 3.60. The normalized spacial score (nSPS) is 22.9. The minimum absolute atomic E-state index is 0.758. The van der Waals surface area contributed by atoms with Crippen molar-refractivity contribution >= 4 is 0 Å². The van der Waals surface area contributed by atoms with E-state index in [2.05, 4.69) is 11.5 Å². The van der Waals surface area contributed by atoms with E-state index in [1.54, 1.807) is 0 Å². The number of piperazine rings is 1. The summed E-state index contributed by atoms with van der Waals surface area (Å²) in [5.41, 5.74) is 0. The van der Waals surface area contributed by atoms with E-state index in [9.17, 15) is 0 Å². The zero-order chi connectivity index (χ0) is 7.40. The summed E-state index contributed by atoms with van der Waals surface area (Å²) < 4.78 is 0. The molecular weight excluding hydrogens is 128 g/mol. The quantitative estimate of drug-likeness (QED) is 0.557. The maximum atomic E-state index is 8.98. The second-order valence-electron chi connectivity index (χ2n) is 2.54. The van der Waals surface area contributed by atoms with E-state index in [1.165, 1.54) is 5.06 Å². The lowest BCUT2D eigenvalue weighted by molar-refractivity contribution is -0.116. The molecule has 0 aromatic carbocycles. The molecular formula is C7H14N2O. The Labute approximate surface area is 61.5 Å². The van der Waals surface area contributed by atoms with Crippen molar-refractivity contribution < 1.29 is 5.21 Å². The standard InChI is InChI=1S/C7H14N2O/c1-2-3-8-4-6-9(10)7-5-8/h2,10H,1,3-7H2. The third-order valence-electron chi connectivity index (χ3n) is 1.74. The van der Waals surface area contributed by atoms with Gasteiger partial charge in [-0.25, -0.2) is 0 Å². The van der Waals surface area contributed by atoms with Gasteiger partial charge in [0.05, 0.1) is 0 Å². The van der Waals surface area contributed by atoms with Crippen molar-refractivity contribution in [1.82, 2.24) is 9.96 Å². The molecule has 58 valence electrons. The summed E-state index contributed by atoms with van der Waals surface area (Å²) >= 11 is 0. The molecule has 0 spiro atoms. The molecule has 0 aromatic heterocycles. The minimum atomic E-state index is 0.758. The van der Waals surface area contributed by atoms with E-state index in [4.69, 9.17) is 5.21 Å². The van der Waals surface area contributed by atoms with Gasteiger partial charge in [0.15, 0.2) is 0 Å². The van der Waals surface area contributed by atoms with Gasteiger partial charge in [-0.2, -0.15) is 5.06 Å². The highest BCUT2D eigenvalue weighted by Crippen LogP contribution is 1.97. The average Bonchev–Trinajstić information content (AvgIpc) is 1.95. The van der Waals surface area contributed by atoms with Crippen molar-refractivity contribution in [2.75, 3.05) is 32.7 Å². The Bertz CT molecular complexity index is 108. The molecule has 0 bridgehead atoms. The van der Waals surface area contributed by atoms with Gasteiger partial charge in [0.1, 0.15) is 0 Å². The number of hydrogen-bond donors (Lipinski definition) is 1. The predicted molar refractivity (Wildman–Crippen MR) is 40.0 cm³/mol. The Balaban J connectivity index is 2.19. The summed E-state index contributed by atoms with van der Waals surface area (Å²) in [6, 6.07) is 0. The fourth-order valence-electron chi connectivity index (χ4n) is 1.10. The first-order chi connectivity index (χ1) is 4.83. The number of rotatable bonds is 2. The van der Waals surface area contributed by atoms with Gasteiger partial charge in [0, 0.05) is 32.7 Å². The van der Waals surface area contributed by atoms with Crippen molar-refractivity contribution in [3.05, 3.63) is 12.7 Å². The molecule has 3 heteroatoms. The van der Waals surface area contributed by atoms with Gasteiger partial charge in [0.2, 0.25) is 0 Å². The molecule has 1 rings (SSSR count). The van der Waals surface area contributed by atoms with Crippen molar-refractivity contribution in [3.8, 4) is 0 Å². The van der Waals surface area contributed by atoms with Crippen LogP contribution in [0.5, 0.6) is 0 Å². The van der Waals surface area contributed by atoms with Crippen LogP contribution in [0.25, 0.3) is 0 Å². The molecule has 0 unspecified atom stereocenters. The summed E-state index contributed by atoms with van der Waals surface area (Å²) in [5, 5.41) is 10.3. The Morgan fingerprint density at radius 1 is 1.30 bits per heavy atom. The summed E-state index contributed by atoms with van der Waals surface area (Å²) in [6.07, 6.45) is 1.90. The molecule has 3 nitrogen and oxygen atoms in total. The van der Waals surface area contributed by atoms with E-state index in [0.717, 1.165) is 32.7 Å². The highest BCUT2D eigenvalue weighted by Gasteiger charge is 2.12. The first-order valence-corrected chi connectivity index (χ1v) is 3.60. The summed E-state index contributed by atoms with van der Waals surface area (Å²) in [7, 11) is 0. The monoisotopic (exact) mass is 142 g/mol. The minimum Gasteiger partial charge on any atom is -0.314 e. The molecule has 1 aliphatic rings. The Morgan fingerprint density at radius 3 is 2.40 bits per heavy atom. The van der Waals surface area contributed by atoms with Gasteiger partial charge >= 0.3 is 0 Å². The SMILES string of the molecule is C=CCN1CCN(O)CC1. The molecule has 1 saturated heterocycles. The van der Waals surface area contributed by atoms with E-state index in [1.807, 2.05) is 6.08 Å². The smallest absolute Gasteiger partial charge is 0.0366 e. The van der Waals surface area contributed by atoms with E-state index in [-0.39, 0.29) is 0 Å². The van der Waals surface area contributed by atoms with Crippen LogP contribution in [-0.4, -0.2) is 47.9 Å². The molecule has 1 fully saturated rings. The maximum absolute atomic E-state index is 8.98. The number of hydrogen-bond acceptors (Lipinski definition) is 3. The maximum Gasteiger partial charge on any atom is 0.0366 e. The van der Waals surface area contributed by atoms with Crippen molar-refractivity contribution in [3.63, 3.8) is 0 Å². The van der Waals surface area contributed by atoms with E-state index in [0.29, 0.717) is 0 Å². The highest BCUT2D eigenvalue weighted by atomic mass is 16.5. The summed E-state index contributed by atoms with van der Waals surface area (Å²) in [5.74, 6) is 0. The molecule has 0 amide bonds. The average molecular weight is 142 g/mol. The fraction of sp³-hybridized carbons (Fsp3) is 0.714. The van der Waals surface area contributed by atoms with Gasteiger partial charge in [-0.1, -0.05) is 6.08 Å². The van der Waals surface area contributed by atoms with Crippen LogP contribution >= 0.6 is 0 Å². The summed E-state index contributed by atoms with van der Waals surface area (Å²) in [6.45, 7) is 8.00. The van der Waals surface area contributed by atoms with Crippen LogP contribution in [0.2, 0.25) is 0 Å². The van der Waals surface area contributed by atoms with Crippen LogP contribution in [0, 0.1) is 0 Å². The lowest BCUT2D eigenvalue weighted by Crippen LogP contribution is -2.44. The van der Waals surface area contributed by atoms with Crippen LogP contribution in [-0.2, 0) is 0 Å². The van der Waals surface area contributed by atoms with Gasteiger partial charge in [-0.05, 0) is 0 Å². The lowest BCUT2D eigenvalue weighted by Gasteiger charge is -2.29. The Kier molecular flexibility index (Phi) is 2.86. The topological polar surface area (TPSA) is 26.7 Å². The third kappa shape index (κ3) is 2.10. The molecule has 0 aromatic rings. The van der Waals surface area contributed by atoms with Gasteiger partial charge in [-0.3, -0.25) is 4.90 Å². The molecule has 1 N–H and O–H groups in total. The lowest BCUT2D eigenvalue weighted by atomic mass is 10.3. The predicted octanol–water partition coefficient (Wildman–Crippen LogP) is 0.179. The molecule has 1 heterocycles. The van der Waals surface area contributed by atoms with E-state index >= 15 is 0 Å². The highest BCUT2D eigenvalue weighted by molar-refractivity contribution is 4.76. The number of hydroxylamine groups is 2. The fourth-order valence-corrected chi connectivity index (χ4v) is 1.10.